The number of rotatable bonds is 7. The third kappa shape index (κ3) is 5.29. The van der Waals surface area contributed by atoms with Crippen LogP contribution in [-0.2, 0) is 14.3 Å². The van der Waals surface area contributed by atoms with Crippen LogP contribution in [0, 0.1) is 31.6 Å². The van der Waals surface area contributed by atoms with Gasteiger partial charge in [0.1, 0.15) is 0 Å². The molecule has 2 aliphatic rings. The number of ether oxygens (including phenoxy) is 1. The van der Waals surface area contributed by atoms with Gasteiger partial charge in [-0.2, -0.15) is 0 Å². The molecule has 1 aromatic carbocycles. The summed E-state index contributed by atoms with van der Waals surface area (Å²) in [5.74, 6) is 1.86. The van der Waals surface area contributed by atoms with Crippen LogP contribution in [0.2, 0.25) is 0 Å². The van der Waals surface area contributed by atoms with Crippen LogP contribution in [0.25, 0.3) is 0 Å². The maximum Gasteiger partial charge on any atom is 0.316 e. The lowest BCUT2D eigenvalue weighted by atomic mass is 9.84. The van der Waals surface area contributed by atoms with E-state index in [1.165, 1.54) is 37.4 Å². The van der Waals surface area contributed by atoms with Crippen LogP contribution in [0.5, 0.6) is 0 Å². The zero-order valence-electron chi connectivity index (χ0n) is 16.2. The predicted molar refractivity (Wildman–Crippen MR) is 112 cm³/mol. The SMILES string of the molecule is Cc1cc(SCC(=O)OCC(=O)N[C@@H](C)[C@H]2C[C@@H]3CC[C@@H]2C3)c(C)cc1Br. The van der Waals surface area contributed by atoms with Gasteiger partial charge >= 0.3 is 5.97 Å². The molecule has 4 nitrogen and oxygen atoms in total. The minimum atomic E-state index is -0.359. The quantitative estimate of drug-likeness (QED) is 0.482. The fourth-order valence-corrected chi connectivity index (χ4v) is 5.90. The summed E-state index contributed by atoms with van der Waals surface area (Å²) < 4.78 is 6.23. The van der Waals surface area contributed by atoms with Gasteiger partial charge in [0, 0.05) is 15.4 Å². The lowest BCUT2D eigenvalue weighted by Gasteiger charge is -2.28. The smallest absolute Gasteiger partial charge is 0.316 e. The number of halogens is 1. The number of carbonyl (C=O) groups excluding carboxylic acids is 2. The number of nitrogens with one attached hydrogen (secondary N) is 1. The van der Waals surface area contributed by atoms with Gasteiger partial charge in [0.05, 0.1) is 5.75 Å². The molecule has 1 N–H and O–H groups in total. The van der Waals surface area contributed by atoms with Crippen LogP contribution in [-0.4, -0.2) is 30.3 Å². The number of fused-ring (bicyclic) bond motifs is 2. The monoisotopic (exact) mass is 453 g/mol. The number of esters is 1. The van der Waals surface area contributed by atoms with Crippen molar-refractivity contribution in [2.75, 3.05) is 12.4 Å². The average Bonchev–Trinajstić information content (AvgIpc) is 3.25. The Hall–Kier alpha value is -1.01. The van der Waals surface area contributed by atoms with E-state index in [-0.39, 0.29) is 30.3 Å². The number of hydrogen-bond acceptors (Lipinski definition) is 4. The molecule has 0 heterocycles. The molecule has 0 saturated heterocycles. The summed E-state index contributed by atoms with van der Waals surface area (Å²) in [6.07, 6.45) is 5.21. The number of thioether (sulfide) groups is 1. The Labute approximate surface area is 174 Å². The first-order chi connectivity index (χ1) is 12.8. The van der Waals surface area contributed by atoms with Crippen LogP contribution in [0.1, 0.15) is 43.7 Å². The second-order valence-corrected chi connectivity index (χ2v) is 9.88. The molecule has 2 bridgehead atoms. The van der Waals surface area contributed by atoms with Crippen molar-refractivity contribution in [2.45, 2.75) is 57.4 Å². The van der Waals surface area contributed by atoms with Crippen molar-refractivity contribution >= 4 is 39.6 Å². The Morgan fingerprint density at radius 3 is 2.70 bits per heavy atom. The van der Waals surface area contributed by atoms with Crippen molar-refractivity contribution in [3.63, 3.8) is 0 Å². The fourth-order valence-electron chi connectivity index (χ4n) is 4.54. The molecule has 1 aromatic rings. The second kappa shape index (κ2) is 8.99. The standard InChI is InChI=1S/C21H28BrNO3S/c1-12-7-19(13(2)6-18(12)22)27-11-21(25)26-10-20(24)23-14(3)17-9-15-4-5-16(17)8-15/h6-7,14-17H,4-5,8-11H2,1-3H3,(H,23,24)/t14-,15+,16+,17+/m0/s1. The largest absolute Gasteiger partial charge is 0.455 e. The Bertz CT molecular complexity index is 724. The topological polar surface area (TPSA) is 55.4 Å². The number of hydrogen-bond donors (Lipinski definition) is 1. The number of benzene rings is 1. The summed E-state index contributed by atoms with van der Waals surface area (Å²) in [6, 6.07) is 4.27. The van der Waals surface area contributed by atoms with Gasteiger partial charge in [-0.1, -0.05) is 22.4 Å². The van der Waals surface area contributed by atoms with Gasteiger partial charge in [-0.3, -0.25) is 9.59 Å². The molecule has 148 valence electrons. The highest BCUT2D eigenvalue weighted by Gasteiger charge is 2.42. The normalized spacial score (nSPS) is 24.7. The molecule has 1 amide bonds. The van der Waals surface area contributed by atoms with Gasteiger partial charge in [0.2, 0.25) is 0 Å². The molecular formula is C21H28BrNO3S. The molecule has 0 aromatic heterocycles. The third-order valence-corrected chi connectivity index (χ3v) is 7.97. The number of carbonyl (C=O) groups is 2. The summed E-state index contributed by atoms with van der Waals surface area (Å²) in [6.45, 7) is 5.93. The van der Waals surface area contributed by atoms with Crippen molar-refractivity contribution in [1.82, 2.24) is 5.32 Å². The van der Waals surface area contributed by atoms with E-state index in [0.29, 0.717) is 5.92 Å². The van der Waals surface area contributed by atoms with Gasteiger partial charge in [-0.05, 0) is 81.0 Å². The van der Waals surface area contributed by atoms with Crippen LogP contribution in [0.3, 0.4) is 0 Å². The molecule has 27 heavy (non-hydrogen) atoms. The van der Waals surface area contributed by atoms with Crippen LogP contribution in [0.4, 0.5) is 0 Å². The van der Waals surface area contributed by atoms with Gasteiger partial charge in [-0.15, -0.1) is 11.8 Å². The van der Waals surface area contributed by atoms with Gasteiger partial charge in [0.25, 0.3) is 5.91 Å². The minimum Gasteiger partial charge on any atom is -0.455 e. The Balaban J connectivity index is 1.38. The van der Waals surface area contributed by atoms with Crippen molar-refractivity contribution in [3.05, 3.63) is 27.7 Å². The zero-order chi connectivity index (χ0) is 19.6. The summed E-state index contributed by atoms with van der Waals surface area (Å²) in [4.78, 5) is 25.2. The molecule has 2 aliphatic carbocycles. The summed E-state index contributed by atoms with van der Waals surface area (Å²) >= 11 is 4.96. The lowest BCUT2D eigenvalue weighted by Crippen LogP contribution is -2.42. The van der Waals surface area contributed by atoms with E-state index in [2.05, 4.69) is 34.2 Å². The van der Waals surface area contributed by atoms with Crippen LogP contribution < -0.4 is 5.32 Å². The molecule has 2 fully saturated rings. The average molecular weight is 454 g/mol. The molecule has 4 atom stereocenters. The molecule has 6 heteroatoms. The van der Waals surface area contributed by atoms with E-state index < -0.39 is 0 Å². The molecule has 2 saturated carbocycles. The lowest BCUT2D eigenvalue weighted by molar-refractivity contribution is -0.146. The zero-order valence-corrected chi connectivity index (χ0v) is 18.6. The Morgan fingerprint density at radius 2 is 2.04 bits per heavy atom. The highest BCUT2D eigenvalue weighted by atomic mass is 79.9. The van der Waals surface area contributed by atoms with Crippen molar-refractivity contribution in [1.29, 1.82) is 0 Å². The van der Waals surface area contributed by atoms with Gasteiger partial charge in [-0.25, -0.2) is 0 Å². The van der Waals surface area contributed by atoms with Crippen molar-refractivity contribution in [3.8, 4) is 0 Å². The fraction of sp³-hybridized carbons (Fsp3) is 0.619. The van der Waals surface area contributed by atoms with Gasteiger partial charge in [0.15, 0.2) is 6.61 Å². The third-order valence-electron chi connectivity index (χ3n) is 5.99. The van der Waals surface area contributed by atoms with Gasteiger partial charge < -0.3 is 10.1 Å². The molecule has 0 spiro atoms. The summed E-state index contributed by atoms with van der Waals surface area (Å²) in [5, 5.41) is 3.03. The van der Waals surface area contributed by atoms with E-state index in [0.717, 1.165) is 32.3 Å². The highest BCUT2D eigenvalue weighted by Crippen LogP contribution is 2.49. The molecule has 0 radical (unpaired) electrons. The predicted octanol–water partition coefficient (Wildman–Crippen LogP) is 4.64. The van der Waals surface area contributed by atoms with E-state index in [9.17, 15) is 9.59 Å². The Morgan fingerprint density at radius 1 is 1.26 bits per heavy atom. The molecular weight excluding hydrogens is 426 g/mol. The van der Waals surface area contributed by atoms with E-state index >= 15 is 0 Å². The maximum absolute atomic E-state index is 12.1. The summed E-state index contributed by atoms with van der Waals surface area (Å²) in [7, 11) is 0. The second-order valence-electron chi connectivity index (χ2n) is 8.01. The first-order valence-electron chi connectivity index (χ1n) is 9.68. The van der Waals surface area contributed by atoms with Crippen molar-refractivity contribution in [2.24, 2.45) is 17.8 Å². The van der Waals surface area contributed by atoms with E-state index in [1.54, 1.807) is 0 Å². The Kier molecular flexibility index (Phi) is 6.90. The first-order valence-corrected chi connectivity index (χ1v) is 11.5. The molecule has 3 rings (SSSR count). The number of amides is 1. The molecule has 0 unspecified atom stereocenters. The van der Waals surface area contributed by atoms with Crippen molar-refractivity contribution < 1.29 is 14.3 Å². The van der Waals surface area contributed by atoms with Crippen LogP contribution >= 0.6 is 27.7 Å². The highest BCUT2D eigenvalue weighted by molar-refractivity contribution is 9.10. The first kappa shape index (κ1) is 20.7. The summed E-state index contributed by atoms with van der Waals surface area (Å²) in [5.41, 5.74) is 2.24. The number of aryl methyl sites for hydroxylation is 2. The van der Waals surface area contributed by atoms with E-state index in [4.69, 9.17) is 4.74 Å². The van der Waals surface area contributed by atoms with Crippen LogP contribution in [0.15, 0.2) is 21.5 Å². The van der Waals surface area contributed by atoms with E-state index in [1.807, 2.05) is 19.9 Å². The minimum absolute atomic E-state index is 0.161. The maximum atomic E-state index is 12.1. The molecule has 0 aliphatic heterocycles.